The number of hydrogen-bond donors (Lipinski definition) is 1. The highest BCUT2D eigenvalue weighted by Gasteiger charge is 2.25. The molecule has 5 rings (SSSR count). The van der Waals surface area contributed by atoms with Gasteiger partial charge in [0.15, 0.2) is 0 Å². The Morgan fingerprint density at radius 2 is 1.59 bits per heavy atom. The summed E-state index contributed by atoms with van der Waals surface area (Å²) in [6.07, 6.45) is 4.29. The largest absolute Gasteiger partial charge is 0.467 e. The van der Waals surface area contributed by atoms with Crippen molar-refractivity contribution < 1.29 is 14.0 Å². The molecule has 0 aliphatic heterocycles. The van der Waals surface area contributed by atoms with E-state index in [4.69, 9.17) is 4.42 Å². The second-order valence-corrected chi connectivity index (χ2v) is 10.5. The van der Waals surface area contributed by atoms with Gasteiger partial charge in [-0.1, -0.05) is 48.5 Å². The number of aryl methyl sites for hydroxylation is 1. The topological polar surface area (TPSA) is 72.8 Å². The molecule has 0 aliphatic rings. The van der Waals surface area contributed by atoms with Crippen LogP contribution in [-0.4, -0.2) is 53.8 Å². The van der Waals surface area contributed by atoms with Crippen LogP contribution in [0, 0.1) is 6.92 Å². The molecule has 2 aromatic heterocycles. The van der Waals surface area contributed by atoms with Crippen molar-refractivity contribution >= 4 is 28.4 Å². The molecule has 0 unspecified atom stereocenters. The minimum absolute atomic E-state index is 0.0580. The quantitative estimate of drug-likeness (QED) is 0.218. The van der Waals surface area contributed by atoms with E-state index in [0.717, 1.165) is 33.3 Å². The van der Waals surface area contributed by atoms with Crippen molar-refractivity contribution in [1.29, 1.82) is 0 Å². The molecule has 0 saturated carbocycles. The van der Waals surface area contributed by atoms with Gasteiger partial charge in [-0.2, -0.15) is 0 Å². The predicted molar refractivity (Wildman–Crippen MR) is 163 cm³/mol. The lowest BCUT2D eigenvalue weighted by Gasteiger charge is -2.28. The number of carbonyl (C=O) groups excluding carboxylic acids is 2. The summed E-state index contributed by atoms with van der Waals surface area (Å²) in [7, 11) is 4.01. The average Bonchev–Trinajstić information content (AvgIpc) is 3.65. The van der Waals surface area contributed by atoms with Crippen LogP contribution in [0.25, 0.3) is 10.9 Å². The Kier molecular flexibility index (Phi) is 8.53. The molecular weight excluding hydrogens is 512 g/mol. The Labute approximate surface area is 241 Å². The SMILES string of the molecule is Cc1ccccc1C(=O)N(CC(=O)N(CCc1c[nH]c2ccccc12)Cc1ccc(N(C)C)cc1)Cc1ccco1. The number of nitrogens with one attached hydrogen (secondary N) is 1. The van der Waals surface area contributed by atoms with E-state index in [2.05, 4.69) is 41.4 Å². The van der Waals surface area contributed by atoms with Crippen molar-refractivity contribution in [3.8, 4) is 0 Å². The number of benzene rings is 3. The molecule has 7 heteroatoms. The number of aromatic amines is 1. The number of fused-ring (bicyclic) bond motifs is 1. The second-order valence-electron chi connectivity index (χ2n) is 10.5. The zero-order valence-corrected chi connectivity index (χ0v) is 23.8. The van der Waals surface area contributed by atoms with E-state index in [-0.39, 0.29) is 24.9 Å². The first-order chi connectivity index (χ1) is 19.9. The van der Waals surface area contributed by atoms with Crippen LogP contribution in [0.4, 0.5) is 5.69 Å². The molecule has 3 aromatic carbocycles. The van der Waals surface area contributed by atoms with E-state index >= 15 is 0 Å². The molecule has 41 heavy (non-hydrogen) atoms. The summed E-state index contributed by atoms with van der Waals surface area (Å²) in [6.45, 7) is 3.02. The Hall–Kier alpha value is -4.78. The van der Waals surface area contributed by atoms with Crippen LogP contribution in [0.1, 0.15) is 32.8 Å². The highest BCUT2D eigenvalue weighted by molar-refractivity contribution is 5.97. The molecule has 0 saturated heterocycles. The van der Waals surface area contributed by atoms with E-state index in [9.17, 15) is 9.59 Å². The number of rotatable bonds is 11. The van der Waals surface area contributed by atoms with Gasteiger partial charge >= 0.3 is 0 Å². The number of para-hydroxylation sites is 1. The van der Waals surface area contributed by atoms with Crippen molar-refractivity contribution in [2.75, 3.05) is 32.1 Å². The van der Waals surface area contributed by atoms with Gasteiger partial charge in [0.05, 0.1) is 12.8 Å². The van der Waals surface area contributed by atoms with Crippen LogP contribution >= 0.6 is 0 Å². The maximum absolute atomic E-state index is 14.0. The molecule has 0 fully saturated rings. The first-order valence-corrected chi connectivity index (χ1v) is 13.9. The summed E-state index contributed by atoms with van der Waals surface area (Å²) in [6, 6.07) is 27.5. The van der Waals surface area contributed by atoms with E-state index < -0.39 is 0 Å². The molecule has 210 valence electrons. The van der Waals surface area contributed by atoms with Crippen LogP contribution in [0.5, 0.6) is 0 Å². The van der Waals surface area contributed by atoms with Gasteiger partial charge < -0.3 is 24.1 Å². The van der Waals surface area contributed by atoms with Crippen molar-refractivity contribution in [2.24, 2.45) is 0 Å². The summed E-state index contributed by atoms with van der Waals surface area (Å²) in [5, 5.41) is 1.16. The van der Waals surface area contributed by atoms with Crippen molar-refractivity contribution in [3.63, 3.8) is 0 Å². The number of aromatic nitrogens is 1. The van der Waals surface area contributed by atoms with E-state index in [1.54, 1.807) is 23.3 Å². The maximum atomic E-state index is 14.0. The number of hydrogen-bond acceptors (Lipinski definition) is 4. The summed E-state index contributed by atoms with van der Waals surface area (Å²) < 4.78 is 5.56. The third kappa shape index (κ3) is 6.69. The molecule has 2 amide bonds. The van der Waals surface area contributed by atoms with Gasteiger partial charge in [-0.25, -0.2) is 0 Å². The maximum Gasteiger partial charge on any atom is 0.255 e. The van der Waals surface area contributed by atoms with Gasteiger partial charge in [-0.15, -0.1) is 0 Å². The lowest BCUT2D eigenvalue weighted by Crippen LogP contribution is -2.43. The van der Waals surface area contributed by atoms with Gasteiger partial charge in [0.2, 0.25) is 5.91 Å². The van der Waals surface area contributed by atoms with E-state index in [1.165, 1.54) is 0 Å². The zero-order valence-electron chi connectivity index (χ0n) is 23.8. The Morgan fingerprint density at radius 3 is 2.32 bits per heavy atom. The molecule has 1 N–H and O–H groups in total. The summed E-state index contributed by atoms with van der Waals surface area (Å²) in [5.74, 6) is 0.319. The number of anilines is 1. The van der Waals surface area contributed by atoms with Gasteiger partial charge in [-0.3, -0.25) is 9.59 Å². The van der Waals surface area contributed by atoms with Gasteiger partial charge in [0.1, 0.15) is 12.3 Å². The van der Waals surface area contributed by atoms with Gasteiger partial charge in [0.25, 0.3) is 5.91 Å². The van der Waals surface area contributed by atoms with Crippen LogP contribution < -0.4 is 4.90 Å². The average molecular weight is 549 g/mol. The lowest BCUT2D eigenvalue weighted by atomic mass is 10.1. The fourth-order valence-electron chi connectivity index (χ4n) is 5.04. The fourth-order valence-corrected chi connectivity index (χ4v) is 5.04. The molecule has 7 nitrogen and oxygen atoms in total. The smallest absolute Gasteiger partial charge is 0.255 e. The monoisotopic (exact) mass is 548 g/mol. The number of furan rings is 1. The van der Waals surface area contributed by atoms with Gasteiger partial charge in [0, 0.05) is 55.5 Å². The number of H-pyrrole nitrogens is 1. The van der Waals surface area contributed by atoms with Crippen LogP contribution in [-0.2, 0) is 24.3 Å². The molecule has 2 heterocycles. The second kappa shape index (κ2) is 12.6. The standard InChI is InChI=1S/C34H36N4O3/c1-25-9-4-5-11-30(25)34(40)38(23-29-10-8-20-41-29)24-33(39)37(22-26-14-16-28(17-15-26)36(2)3)19-18-27-21-35-32-13-7-6-12-31(27)32/h4-17,20-21,35H,18-19,22-24H2,1-3H3. The van der Waals surface area contributed by atoms with Crippen molar-refractivity contribution in [3.05, 3.63) is 125 Å². The van der Waals surface area contributed by atoms with Crippen LogP contribution in [0.3, 0.4) is 0 Å². The summed E-state index contributed by atoms with van der Waals surface area (Å²) in [5.41, 5.74) is 5.81. The minimum atomic E-state index is -0.195. The molecule has 0 bridgehead atoms. The molecule has 0 spiro atoms. The number of carbonyl (C=O) groups is 2. The minimum Gasteiger partial charge on any atom is -0.467 e. The third-order valence-electron chi connectivity index (χ3n) is 7.42. The van der Waals surface area contributed by atoms with E-state index in [0.29, 0.717) is 30.8 Å². The first-order valence-electron chi connectivity index (χ1n) is 13.9. The summed E-state index contributed by atoms with van der Waals surface area (Å²) >= 11 is 0. The molecule has 5 aromatic rings. The van der Waals surface area contributed by atoms with E-state index in [1.807, 2.05) is 73.4 Å². The Bertz CT molecular complexity index is 1600. The fraction of sp³-hybridized carbons (Fsp3) is 0.235. The first kappa shape index (κ1) is 27.8. The highest BCUT2D eigenvalue weighted by atomic mass is 16.3. The zero-order chi connectivity index (χ0) is 28.8. The molecule has 0 radical (unpaired) electrons. The van der Waals surface area contributed by atoms with Crippen LogP contribution in [0.15, 0.2) is 102 Å². The summed E-state index contributed by atoms with van der Waals surface area (Å²) in [4.78, 5) is 36.5. The Morgan fingerprint density at radius 1 is 0.829 bits per heavy atom. The number of nitrogens with zero attached hydrogens (tertiary/aromatic N) is 3. The number of amides is 2. The molecular formula is C34H36N4O3. The molecule has 0 aliphatic carbocycles. The highest BCUT2D eigenvalue weighted by Crippen LogP contribution is 2.20. The third-order valence-corrected chi connectivity index (χ3v) is 7.42. The predicted octanol–water partition coefficient (Wildman–Crippen LogP) is 6.05. The van der Waals surface area contributed by atoms with Crippen LogP contribution in [0.2, 0.25) is 0 Å². The Balaban J connectivity index is 1.40. The molecule has 0 atom stereocenters. The van der Waals surface area contributed by atoms with Crippen molar-refractivity contribution in [2.45, 2.75) is 26.4 Å². The van der Waals surface area contributed by atoms with Gasteiger partial charge in [-0.05, 0) is 66.4 Å². The van der Waals surface area contributed by atoms with Crippen molar-refractivity contribution in [1.82, 2.24) is 14.8 Å². The lowest BCUT2D eigenvalue weighted by molar-refractivity contribution is -0.132. The normalized spacial score (nSPS) is 11.0.